The molecule has 1 nitrogen and oxygen atoms in total. The fourth-order valence-electron chi connectivity index (χ4n) is 1.15. The van der Waals surface area contributed by atoms with Crippen molar-refractivity contribution in [1.82, 2.24) is 4.90 Å². The molecule has 0 aromatic rings. The second-order valence-corrected chi connectivity index (χ2v) is 2.43. The van der Waals surface area contributed by atoms with Crippen LogP contribution in [0.1, 0.15) is 34.1 Å². The fourth-order valence-corrected chi connectivity index (χ4v) is 1.15. The minimum Gasteiger partial charge on any atom is -0.376 e. The molecule has 0 aliphatic carbocycles. The fraction of sp³-hybridized carbons (Fsp3) is 0.778. The second-order valence-electron chi connectivity index (χ2n) is 2.43. The molecule has 0 fully saturated rings. The molecule has 0 amide bonds. The zero-order chi connectivity index (χ0) is 7.98. The first kappa shape index (κ1) is 13.4. The molecule has 11 heavy (non-hydrogen) atoms. The number of rotatable bonds is 4. The third-order valence-electron chi connectivity index (χ3n) is 1.76. The van der Waals surface area contributed by atoms with E-state index in [1.807, 2.05) is 0 Å². The molecule has 68 valence electrons. The average molecular weight is 178 g/mol. The maximum absolute atomic E-state index is 2.36. The predicted octanol–water partition coefficient (Wildman–Crippen LogP) is 3.06. The highest BCUT2D eigenvalue weighted by atomic mass is 35.5. The van der Waals surface area contributed by atoms with Gasteiger partial charge in [0.1, 0.15) is 0 Å². The molecule has 0 rings (SSSR count). The van der Waals surface area contributed by atoms with Crippen LogP contribution in [-0.4, -0.2) is 18.0 Å². The number of nitrogens with zero attached hydrogens (tertiary/aromatic N) is 1. The van der Waals surface area contributed by atoms with Crippen molar-refractivity contribution in [1.29, 1.82) is 0 Å². The van der Waals surface area contributed by atoms with Crippen molar-refractivity contribution in [3.8, 4) is 0 Å². The Morgan fingerprint density at radius 2 is 1.64 bits per heavy atom. The smallest absolute Gasteiger partial charge is 0.0146 e. The van der Waals surface area contributed by atoms with Gasteiger partial charge in [0, 0.05) is 18.8 Å². The monoisotopic (exact) mass is 177 g/mol. The molecule has 0 saturated carbocycles. The molecule has 0 aliphatic heterocycles. The van der Waals surface area contributed by atoms with Crippen LogP contribution in [0.3, 0.4) is 0 Å². The van der Waals surface area contributed by atoms with Gasteiger partial charge in [0.2, 0.25) is 0 Å². The van der Waals surface area contributed by atoms with Crippen LogP contribution in [-0.2, 0) is 0 Å². The molecule has 2 heteroatoms. The van der Waals surface area contributed by atoms with Crippen molar-refractivity contribution in [3.63, 3.8) is 0 Å². The van der Waals surface area contributed by atoms with Gasteiger partial charge in [-0.1, -0.05) is 13.0 Å². The molecule has 0 spiro atoms. The summed E-state index contributed by atoms with van der Waals surface area (Å²) >= 11 is 0. The molecule has 0 atom stereocenters. The first-order valence-electron chi connectivity index (χ1n) is 4.17. The lowest BCUT2D eigenvalue weighted by Gasteiger charge is -2.21. The molecule has 0 aromatic heterocycles. The van der Waals surface area contributed by atoms with E-state index >= 15 is 0 Å². The molecule has 0 bridgehead atoms. The molecular weight excluding hydrogens is 158 g/mol. The molecule has 0 heterocycles. The van der Waals surface area contributed by atoms with Crippen LogP contribution >= 0.6 is 12.4 Å². The van der Waals surface area contributed by atoms with Gasteiger partial charge in [0.05, 0.1) is 0 Å². The average Bonchev–Trinajstić information content (AvgIpc) is 1.91. The van der Waals surface area contributed by atoms with Gasteiger partial charge < -0.3 is 4.90 Å². The van der Waals surface area contributed by atoms with Crippen molar-refractivity contribution in [2.75, 3.05) is 13.1 Å². The first-order valence-corrected chi connectivity index (χ1v) is 4.17. The summed E-state index contributed by atoms with van der Waals surface area (Å²) in [5, 5.41) is 0. The lowest BCUT2D eigenvalue weighted by atomic mass is 10.3. The summed E-state index contributed by atoms with van der Waals surface area (Å²) in [5.74, 6) is 0. The summed E-state index contributed by atoms with van der Waals surface area (Å²) in [5.41, 5.74) is 1.41. The van der Waals surface area contributed by atoms with Crippen molar-refractivity contribution in [3.05, 3.63) is 11.8 Å². The van der Waals surface area contributed by atoms with Crippen molar-refractivity contribution in [2.24, 2.45) is 0 Å². The van der Waals surface area contributed by atoms with Crippen LogP contribution in [0.4, 0.5) is 0 Å². The number of allylic oxidation sites excluding steroid dienone is 2. The highest BCUT2D eigenvalue weighted by Gasteiger charge is 1.96. The minimum atomic E-state index is 0. The van der Waals surface area contributed by atoms with E-state index in [4.69, 9.17) is 0 Å². The van der Waals surface area contributed by atoms with E-state index in [1.165, 1.54) is 5.70 Å². The van der Waals surface area contributed by atoms with Gasteiger partial charge in [-0.05, 0) is 27.2 Å². The van der Waals surface area contributed by atoms with Crippen LogP contribution in [0.2, 0.25) is 0 Å². The SMILES string of the molecule is CC/C=C(\C)N(CC)CC.Cl. The zero-order valence-electron chi connectivity index (χ0n) is 8.05. The third-order valence-corrected chi connectivity index (χ3v) is 1.76. The summed E-state index contributed by atoms with van der Waals surface area (Å²) in [4.78, 5) is 2.36. The van der Waals surface area contributed by atoms with Gasteiger partial charge in [-0.2, -0.15) is 0 Å². The van der Waals surface area contributed by atoms with E-state index < -0.39 is 0 Å². The van der Waals surface area contributed by atoms with Crippen LogP contribution in [0.5, 0.6) is 0 Å². The van der Waals surface area contributed by atoms with Crippen LogP contribution in [0.25, 0.3) is 0 Å². The molecular formula is C9H20ClN. The van der Waals surface area contributed by atoms with Crippen molar-refractivity contribution < 1.29 is 0 Å². The van der Waals surface area contributed by atoms with Crippen LogP contribution < -0.4 is 0 Å². The minimum absolute atomic E-state index is 0. The van der Waals surface area contributed by atoms with E-state index in [1.54, 1.807) is 0 Å². The van der Waals surface area contributed by atoms with E-state index in [2.05, 4.69) is 38.7 Å². The predicted molar refractivity (Wildman–Crippen MR) is 54.2 cm³/mol. The maximum atomic E-state index is 2.36. The van der Waals surface area contributed by atoms with Gasteiger partial charge >= 0.3 is 0 Å². The van der Waals surface area contributed by atoms with Gasteiger partial charge in [-0.25, -0.2) is 0 Å². The third kappa shape index (κ3) is 5.14. The van der Waals surface area contributed by atoms with E-state index in [0.29, 0.717) is 0 Å². The summed E-state index contributed by atoms with van der Waals surface area (Å²) in [7, 11) is 0. The lowest BCUT2D eigenvalue weighted by molar-refractivity contribution is 0.382. The molecule has 0 unspecified atom stereocenters. The largest absolute Gasteiger partial charge is 0.376 e. The Hall–Kier alpha value is -0.170. The highest BCUT2D eigenvalue weighted by Crippen LogP contribution is 2.02. The van der Waals surface area contributed by atoms with Crippen LogP contribution in [0.15, 0.2) is 11.8 Å². The topological polar surface area (TPSA) is 3.24 Å². The number of hydrogen-bond acceptors (Lipinski definition) is 1. The van der Waals surface area contributed by atoms with Gasteiger partial charge in [0.15, 0.2) is 0 Å². The standard InChI is InChI=1S/C9H19N.ClH/c1-5-8-9(4)10(6-2)7-3;/h8H,5-7H2,1-4H3;1H/b9-8+;. The summed E-state index contributed by atoms with van der Waals surface area (Å²) in [6, 6.07) is 0. The molecule has 0 radical (unpaired) electrons. The Bertz CT molecular complexity index is 106. The Kier molecular flexibility index (Phi) is 9.68. The summed E-state index contributed by atoms with van der Waals surface area (Å²) in [6.45, 7) is 11.0. The Balaban J connectivity index is 0. The van der Waals surface area contributed by atoms with E-state index in [-0.39, 0.29) is 12.4 Å². The Labute approximate surface area is 76.9 Å². The first-order chi connectivity index (χ1) is 4.76. The second kappa shape index (κ2) is 7.93. The zero-order valence-corrected chi connectivity index (χ0v) is 8.87. The molecule has 0 N–H and O–H groups in total. The van der Waals surface area contributed by atoms with Gasteiger partial charge in [0.25, 0.3) is 0 Å². The molecule has 0 aromatic carbocycles. The molecule has 0 saturated heterocycles. The maximum Gasteiger partial charge on any atom is 0.0146 e. The van der Waals surface area contributed by atoms with Gasteiger partial charge in [-0.3, -0.25) is 0 Å². The number of hydrogen-bond donors (Lipinski definition) is 0. The lowest BCUT2D eigenvalue weighted by Crippen LogP contribution is -2.20. The van der Waals surface area contributed by atoms with Crippen molar-refractivity contribution >= 4 is 12.4 Å². The van der Waals surface area contributed by atoms with E-state index in [9.17, 15) is 0 Å². The quantitative estimate of drug-likeness (QED) is 0.638. The number of halogens is 1. The molecule has 0 aliphatic rings. The highest BCUT2D eigenvalue weighted by molar-refractivity contribution is 5.85. The Morgan fingerprint density at radius 3 is 1.91 bits per heavy atom. The van der Waals surface area contributed by atoms with Gasteiger partial charge in [-0.15, -0.1) is 12.4 Å². The van der Waals surface area contributed by atoms with E-state index in [0.717, 1.165) is 19.5 Å². The summed E-state index contributed by atoms with van der Waals surface area (Å²) in [6.07, 6.45) is 3.41. The Morgan fingerprint density at radius 1 is 1.18 bits per heavy atom. The summed E-state index contributed by atoms with van der Waals surface area (Å²) < 4.78 is 0. The normalized spacial score (nSPS) is 10.7. The van der Waals surface area contributed by atoms with Crippen LogP contribution in [0, 0.1) is 0 Å². The van der Waals surface area contributed by atoms with Crippen molar-refractivity contribution in [2.45, 2.75) is 34.1 Å².